The van der Waals surface area contributed by atoms with Crippen LogP contribution in [-0.4, -0.2) is 20.3 Å². The van der Waals surface area contributed by atoms with Gasteiger partial charge < -0.3 is 5.11 Å². The fourth-order valence-electron chi connectivity index (χ4n) is 1.30. The lowest BCUT2D eigenvalue weighted by Gasteiger charge is -2.00. The molecule has 0 saturated carbocycles. The average molecular weight is 302 g/mol. The van der Waals surface area contributed by atoms with Crippen LogP contribution >= 0.6 is 22.9 Å². The monoisotopic (exact) mass is 301 g/mol. The van der Waals surface area contributed by atoms with Crippen LogP contribution in [0.3, 0.4) is 0 Å². The van der Waals surface area contributed by atoms with Gasteiger partial charge in [-0.2, -0.15) is 0 Å². The standard InChI is InChI=1S/C11H8ClNO3S2/c12-7-2-1-3-9(4-7)18(16)6-8-5-17-10(13-8)11(14)15/h1-5H,6H2,(H,14,15). The van der Waals surface area contributed by atoms with Gasteiger partial charge in [0.1, 0.15) is 0 Å². The molecule has 0 aliphatic rings. The number of nitrogens with zero attached hydrogens (tertiary/aromatic N) is 1. The predicted octanol–water partition coefficient (Wildman–Crippen LogP) is 2.80. The molecule has 18 heavy (non-hydrogen) atoms. The molecule has 7 heteroatoms. The first kappa shape index (κ1) is 13.2. The van der Waals surface area contributed by atoms with E-state index in [9.17, 15) is 9.00 Å². The molecule has 1 atom stereocenters. The summed E-state index contributed by atoms with van der Waals surface area (Å²) in [6, 6.07) is 6.77. The Bertz CT molecular complexity index is 612. The number of aromatic carboxylic acids is 1. The zero-order chi connectivity index (χ0) is 13.1. The topological polar surface area (TPSA) is 67.3 Å². The molecule has 4 nitrogen and oxygen atoms in total. The van der Waals surface area contributed by atoms with Crippen LogP contribution in [0.1, 0.15) is 15.5 Å². The van der Waals surface area contributed by atoms with E-state index >= 15 is 0 Å². The number of hydrogen-bond acceptors (Lipinski definition) is 4. The summed E-state index contributed by atoms with van der Waals surface area (Å²) in [6.45, 7) is 0. The van der Waals surface area contributed by atoms with E-state index in [0.717, 1.165) is 11.3 Å². The highest BCUT2D eigenvalue weighted by molar-refractivity contribution is 7.84. The molecule has 1 N–H and O–H groups in total. The van der Waals surface area contributed by atoms with Crippen LogP contribution < -0.4 is 0 Å². The van der Waals surface area contributed by atoms with Crippen LogP contribution in [-0.2, 0) is 16.6 Å². The first-order valence-electron chi connectivity index (χ1n) is 4.88. The molecule has 94 valence electrons. The van der Waals surface area contributed by atoms with Gasteiger partial charge in [0, 0.05) is 15.3 Å². The molecule has 1 heterocycles. The van der Waals surface area contributed by atoms with E-state index < -0.39 is 16.8 Å². The van der Waals surface area contributed by atoms with Crippen LogP contribution in [0.5, 0.6) is 0 Å². The van der Waals surface area contributed by atoms with Gasteiger partial charge in [-0.05, 0) is 18.2 Å². The Morgan fingerprint density at radius 1 is 1.50 bits per heavy atom. The van der Waals surface area contributed by atoms with Gasteiger partial charge in [-0.1, -0.05) is 17.7 Å². The number of carboxylic acid groups (broad SMARTS) is 1. The Balaban J connectivity index is 2.13. The third-order valence-corrected chi connectivity index (χ3v) is 4.52. The summed E-state index contributed by atoms with van der Waals surface area (Å²) in [5.41, 5.74) is 0.510. The van der Waals surface area contributed by atoms with Gasteiger partial charge in [0.15, 0.2) is 0 Å². The largest absolute Gasteiger partial charge is 0.476 e. The van der Waals surface area contributed by atoms with Gasteiger partial charge in [-0.3, -0.25) is 4.21 Å². The lowest BCUT2D eigenvalue weighted by atomic mass is 10.4. The number of carbonyl (C=O) groups is 1. The van der Waals surface area contributed by atoms with E-state index in [2.05, 4.69) is 4.98 Å². The fraction of sp³-hybridized carbons (Fsp3) is 0.0909. The van der Waals surface area contributed by atoms with E-state index in [1.165, 1.54) is 0 Å². The number of benzene rings is 1. The summed E-state index contributed by atoms with van der Waals surface area (Å²) in [4.78, 5) is 15.2. The van der Waals surface area contributed by atoms with Crippen LogP contribution in [0.15, 0.2) is 34.5 Å². The number of halogens is 1. The van der Waals surface area contributed by atoms with E-state index in [1.807, 2.05) is 0 Å². The van der Waals surface area contributed by atoms with Gasteiger partial charge in [-0.25, -0.2) is 9.78 Å². The Labute approximate surface area is 115 Å². The molecule has 0 bridgehead atoms. The number of thiazole rings is 1. The first-order chi connectivity index (χ1) is 8.56. The first-order valence-corrected chi connectivity index (χ1v) is 7.45. The lowest BCUT2D eigenvalue weighted by Crippen LogP contribution is -1.99. The van der Waals surface area contributed by atoms with Gasteiger partial charge in [0.25, 0.3) is 0 Å². The van der Waals surface area contributed by atoms with Gasteiger partial charge >= 0.3 is 5.97 Å². The third kappa shape index (κ3) is 3.16. The van der Waals surface area contributed by atoms with Crippen molar-refractivity contribution in [2.75, 3.05) is 0 Å². The normalized spacial score (nSPS) is 12.3. The van der Waals surface area contributed by atoms with Crippen molar-refractivity contribution in [1.82, 2.24) is 4.98 Å². The summed E-state index contributed by atoms with van der Waals surface area (Å²) >= 11 is 6.84. The smallest absolute Gasteiger partial charge is 0.365 e. The van der Waals surface area contributed by atoms with Crippen molar-refractivity contribution in [1.29, 1.82) is 0 Å². The Kier molecular flexibility index (Phi) is 4.11. The Morgan fingerprint density at radius 2 is 2.28 bits per heavy atom. The number of aromatic nitrogens is 1. The van der Waals surface area contributed by atoms with E-state index in [-0.39, 0.29) is 10.8 Å². The fourth-order valence-corrected chi connectivity index (χ4v) is 3.38. The van der Waals surface area contributed by atoms with Crippen LogP contribution in [0, 0.1) is 0 Å². The number of carboxylic acids is 1. The Hall–Kier alpha value is -1.24. The summed E-state index contributed by atoms with van der Waals surface area (Å²) in [5.74, 6) is -0.885. The van der Waals surface area contributed by atoms with Crippen LogP contribution in [0.4, 0.5) is 0 Å². The molecular formula is C11H8ClNO3S2. The maximum atomic E-state index is 12.0. The Morgan fingerprint density at radius 3 is 2.89 bits per heavy atom. The summed E-state index contributed by atoms with van der Waals surface area (Å²) < 4.78 is 12.0. The van der Waals surface area contributed by atoms with Crippen molar-refractivity contribution in [3.8, 4) is 0 Å². The quantitative estimate of drug-likeness (QED) is 0.943. The van der Waals surface area contributed by atoms with Crippen molar-refractivity contribution in [2.24, 2.45) is 0 Å². The molecule has 1 unspecified atom stereocenters. The van der Waals surface area contributed by atoms with Gasteiger partial charge in [0.05, 0.1) is 22.2 Å². The van der Waals surface area contributed by atoms with Crippen molar-refractivity contribution in [2.45, 2.75) is 10.6 Å². The van der Waals surface area contributed by atoms with E-state index in [0.29, 0.717) is 15.6 Å². The summed E-state index contributed by atoms with van der Waals surface area (Å²) in [5, 5.41) is 10.9. The minimum absolute atomic E-state index is 0.00749. The van der Waals surface area contributed by atoms with Crippen molar-refractivity contribution in [3.63, 3.8) is 0 Å². The highest BCUT2D eigenvalue weighted by Crippen LogP contribution is 2.18. The predicted molar refractivity (Wildman–Crippen MR) is 70.6 cm³/mol. The molecule has 1 aromatic heterocycles. The lowest BCUT2D eigenvalue weighted by molar-refractivity contribution is 0.0696. The molecular weight excluding hydrogens is 294 g/mol. The summed E-state index contributed by atoms with van der Waals surface area (Å²) in [7, 11) is -1.28. The summed E-state index contributed by atoms with van der Waals surface area (Å²) in [6.07, 6.45) is 0. The van der Waals surface area contributed by atoms with Crippen LogP contribution in [0.25, 0.3) is 0 Å². The molecule has 1 aromatic carbocycles. The zero-order valence-electron chi connectivity index (χ0n) is 9.00. The SMILES string of the molecule is O=C(O)c1nc(CS(=O)c2cccc(Cl)c2)cs1. The average Bonchev–Trinajstić information content (AvgIpc) is 2.77. The molecule has 0 spiro atoms. The number of rotatable bonds is 4. The van der Waals surface area contributed by atoms with E-state index in [4.69, 9.17) is 16.7 Å². The third-order valence-electron chi connectivity index (χ3n) is 2.07. The molecule has 2 rings (SSSR count). The molecule has 0 amide bonds. The van der Waals surface area contributed by atoms with Gasteiger partial charge in [0.2, 0.25) is 5.01 Å². The molecule has 0 aliphatic carbocycles. The maximum absolute atomic E-state index is 12.0. The maximum Gasteiger partial charge on any atom is 0.365 e. The minimum Gasteiger partial charge on any atom is -0.476 e. The highest BCUT2D eigenvalue weighted by Gasteiger charge is 2.12. The molecule has 0 radical (unpaired) electrons. The zero-order valence-corrected chi connectivity index (χ0v) is 11.4. The second-order valence-electron chi connectivity index (χ2n) is 3.40. The molecule has 0 fully saturated rings. The van der Waals surface area contributed by atoms with Gasteiger partial charge in [-0.15, -0.1) is 11.3 Å². The minimum atomic E-state index is -1.28. The van der Waals surface area contributed by atoms with Crippen LogP contribution in [0.2, 0.25) is 5.02 Å². The van der Waals surface area contributed by atoms with Crippen molar-refractivity contribution in [3.05, 3.63) is 45.4 Å². The number of hydrogen-bond donors (Lipinski definition) is 1. The second-order valence-corrected chi connectivity index (χ2v) is 6.14. The molecule has 2 aromatic rings. The van der Waals surface area contributed by atoms with Crippen molar-refractivity contribution >= 4 is 39.7 Å². The molecule has 0 saturated heterocycles. The van der Waals surface area contributed by atoms with E-state index in [1.54, 1.807) is 29.6 Å². The van der Waals surface area contributed by atoms with Crippen molar-refractivity contribution < 1.29 is 14.1 Å². The molecule has 0 aliphatic heterocycles. The highest BCUT2D eigenvalue weighted by atomic mass is 35.5. The second kappa shape index (κ2) is 5.60.